The highest BCUT2D eigenvalue weighted by Gasteiger charge is 2.31. The molecule has 0 radical (unpaired) electrons. The monoisotopic (exact) mass is 359 g/mol. The van der Waals surface area contributed by atoms with Crippen LogP contribution in [0.4, 0.5) is 0 Å². The number of carboxylic acids is 1. The van der Waals surface area contributed by atoms with Crippen molar-refractivity contribution in [1.29, 1.82) is 0 Å². The quantitative estimate of drug-likeness (QED) is 0.896. The third kappa shape index (κ3) is 3.82. The molecular weight excluding hydrogens is 342 g/mol. The van der Waals surface area contributed by atoms with Crippen LogP contribution in [0.5, 0.6) is 0 Å². The van der Waals surface area contributed by atoms with Gasteiger partial charge in [0.05, 0.1) is 12.5 Å². The van der Waals surface area contributed by atoms with Crippen molar-refractivity contribution in [3.8, 4) is 0 Å². The number of carbonyl (C=O) groups is 2. The van der Waals surface area contributed by atoms with Crippen LogP contribution in [0.2, 0.25) is 0 Å². The van der Waals surface area contributed by atoms with Crippen LogP contribution in [0.3, 0.4) is 0 Å². The molecule has 6 heteroatoms. The average molecular weight is 360 g/mol. The van der Waals surface area contributed by atoms with Crippen LogP contribution in [0.15, 0.2) is 15.9 Å². The van der Waals surface area contributed by atoms with Gasteiger partial charge in [0.1, 0.15) is 0 Å². The maximum absolute atomic E-state index is 12.4. The van der Waals surface area contributed by atoms with Crippen molar-refractivity contribution in [3.05, 3.63) is 20.8 Å². The van der Waals surface area contributed by atoms with Crippen molar-refractivity contribution in [3.63, 3.8) is 0 Å². The van der Waals surface area contributed by atoms with Crippen molar-refractivity contribution >= 4 is 39.1 Å². The van der Waals surface area contributed by atoms with E-state index in [1.54, 1.807) is 16.2 Å². The Morgan fingerprint density at radius 2 is 1.95 bits per heavy atom. The number of hydrogen-bond donors (Lipinski definition) is 1. The highest BCUT2D eigenvalue weighted by atomic mass is 79.9. The summed E-state index contributed by atoms with van der Waals surface area (Å²) in [6.45, 7) is 0.619. The van der Waals surface area contributed by atoms with E-state index in [0.29, 0.717) is 32.2 Å². The number of thiophene rings is 1. The topological polar surface area (TPSA) is 57.6 Å². The number of carboxylic acid groups (broad SMARTS) is 1. The standard InChI is InChI=1S/C14H18BrNO3S/c1-16(7-12-6-11(15)8-20-12)13(17)9-2-4-10(5-3-9)14(18)19/h6,8-10H,2-5,7H2,1H3,(H,18,19). The molecular formula is C14H18BrNO3S. The number of rotatable bonds is 4. The molecule has 0 aromatic carbocycles. The van der Waals surface area contributed by atoms with E-state index in [4.69, 9.17) is 5.11 Å². The van der Waals surface area contributed by atoms with Gasteiger partial charge >= 0.3 is 5.97 Å². The maximum Gasteiger partial charge on any atom is 0.306 e. The SMILES string of the molecule is CN(Cc1cc(Br)cs1)C(=O)C1CCC(C(=O)O)CC1. The molecule has 1 aliphatic rings. The fourth-order valence-corrected chi connectivity index (χ4v) is 4.15. The Hall–Kier alpha value is -0.880. The Balaban J connectivity index is 1.86. The first-order valence-electron chi connectivity index (χ1n) is 6.68. The van der Waals surface area contributed by atoms with Crippen molar-refractivity contribution in [1.82, 2.24) is 4.90 Å². The summed E-state index contributed by atoms with van der Waals surface area (Å²) in [5.41, 5.74) is 0. The lowest BCUT2D eigenvalue weighted by Gasteiger charge is -2.28. The van der Waals surface area contributed by atoms with Gasteiger partial charge in [-0.1, -0.05) is 0 Å². The molecule has 0 atom stereocenters. The number of halogens is 1. The first-order valence-corrected chi connectivity index (χ1v) is 8.35. The molecule has 0 bridgehead atoms. The fourth-order valence-electron chi connectivity index (χ4n) is 2.65. The van der Waals surface area contributed by atoms with Crippen LogP contribution < -0.4 is 0 Å². The third-order valence-electron chi connectivity index (χ3n) is 3.82. The highest BCUT2D eigenvalue weighted by Crippen LogP contribution is 2.30. The van der Waals surface area contributed by atoms with Gasteiger partial charge in [0.15, 0.2) is 0 Å². The van der Waals surface area contributed by atoms with Gasteiger partial charge in [-0.2, -0.15) is 0 Å². The van der Waals surface area contributed by atoms with Crippen LogP contribution in [-0.4, -0.2) is 28.9 Å². The summed E-state index contributed by atoms with van der Waals surface area (Å²) in [6, 6.07) is 2.02. The van der Waals surface area contributed by atoms with Crippen LogP contribution in [-0.2, 0) is 16.1 Å². The molecule has 1 N–H and O–H groups in total. The summed E-state index contributed by atoms with van der Waals surface area (Å²) >= 11 is 5.03. The number of carbonyl (C=O) groups excluding carboxylic acids is 1. The summed E-state index contributed by atoms with van der Waals surface area (Å²) in [5.74, 6) is -0.873. The van der Waals surface area contributed by atoms with Gasteiger partial charge in [-0.05, 0) is 47.7 Å². The highest BCUT2D eigenvalue weighted by molar-refractivity contribution is 9.10. The zero-order valence-corrected chi connectivity index (χ0v) is 13.7. The number of nitrogens with zero attached hydrogens (tertiary/aromatic N) is 1. The predicted octanol–water partition coefficient (Wildman–Crippen LogP) is 3.36. The summed E-state index contributed by atoms with van der Waals surface area (Å²) < 4.78 is 1.04. The van der Waals surface area contributed by atoms with Gasteiger partial charge in [0, 0.05) is 27.7 Å². The Morgan fingerprint density at radius 1 is 1.35 bits per heavy atom. The van der Waals surface area contributed by atoms with Crippen molar-refractivity contribution in [2.24, 2.45) is 11.8 Å². The number of aliphatic carboxylic acids is 1. The molecule has 2 rings (SSSR count). The third-order valence-corrected chi connectivity index (χ3v) is 5.50. The van der Waals surface area contributed by atoms with Crippen LogP contribution in [0.1, 0.15) is 30.6 Å². The van der Waals surface area contributed by atoms with E-state index in [1.165, 1.54) is 0 Å². The molecule has 0 spiro atoms. The van der Waals surface area contributed by atoms with Gasteiger partial charge in [0.25, 0.3) is 0 Å². The summed E-state index contributed by atoms with van der Waals surface area (Å²) in [4.78, 5) is 26.2. The first kappa shape index (κ1) is 15.5. The predicted molar refractivity (Wildman–Crippen MR) is 81.6 cm³/mol. The maximum atomic E-state index is 12.4. The molecule has 0 aliphatic heterocycles. The largest absolute Gasteiger partial charge is 0.481 e. The van der Waals surface area contributed by atoms with Crippen LogP contribution in [0, 0.1) is 11.8 Å². The Kier molecular flexibility index (Phi) is 5.21. The van der Waals surface area contributed by atoms with Crippen molar-refractivity contribution in [2.75, 3.05) is 7.05 Å². The number of hydrogen-bond acceptors (Lipinski definition) is 3. The zero-order valence-electron chi connectivity index (χ0n) is 11.3. The number of amides is 1. The van der Waals surface area contributed by atoms with Crippen LogP contribution in [0.25, 0.3) is 0 Å². The van der Waals surface area contributed by atoms with E-state index < -0.39 is 5.97 Å². The zero-order chi connectivity index (χ0) is 14.7. The van der Waals surface area contributed by atoms with Gasteiger partial charge in [-0.25, -0.2) is 0 Å². The molecule has 1 heterocycles. The molecule has 0 saturated heterocycles. The molecule has 1 fully saturated rings. The minimum Gasteiger partial charge on any atom is -0.481 e. The molecule has 1 aromatic heterocycles. The van der Waals surface area contributed by atoms with Gasteiger partial charge in [0.2, 0.25) is 5.91 Å². The molecule has 1 amide bonds. The molecule has 1 saturated carbocycles. The normalized spacial score (nSPS) is 22.5. The smallest absolute Gasteiger partial charge is 0.306 e. The lowest BCUT2D eigenvalue weighted by atomic mass is 9.81. The van der Waals surface area contributed by atoms with Gasteiger partial charge in [-0.15, -0.1) is 11.3 Å². The second-order valence-electron chi connectivity index (χ2n) is 5.31. The molecule has 1 aromatic rings. The molecule has 20 heavy (non-hydrogen) atoms. The molecule has 1 aliphatic carbocycles. The van der Waals surface area contributed by atoms with Gasteiger partial charge < -0.3 is 10.0 Å². The minimum atomic E-state index is -0.729. The lowest BCUT2D eigenvalue weighted by molar-refractivity contribution is -0.145. The molecule has 4 nitrogen and oxygen atoms in total. The minimum absolute atomic E-state index is 0.0148. The molecule has 110 valence electrons. The van der Waals surface area contributed by atoms with Crippen LogP contribution >= 0.6 is 27.3 Å². The van der Waals surface area contributed by atoms with Gasteiger partial charge in [-0.3, -0.25) is 9.59 Å². The lowest BCUT2D eigenvalue weighted by Crippen LogP contribution is -2.35. The average Bonchev–Trinajstić information content (AvgIpc) is 2.83. The molecule has 0 unspecified atom stereocenters. The van der Waals surface area contributed by atoms with E-state index in [-0.39, 0.29) is 17.7 Å². The van der Waals surface area contributed by atoms with E-state index in [1.807, 2.05) is 18.5 Å². The fraction of sp³-hybridized carbons (Fsp3) is 0.571. The second kappa shape index (κ2) is 6.72. The van der Waals surface area contributed by atoms with Crippen molar-refractivity contribution < 1.29 is 14.7 Å². The second-order valence-corrected chi connectivity index (χ2v) is 7.22. The van der Waals surface area contributed by atoms with E-state index in [9.17, 15) is 9.59 Å². The van der Waals surface area contributed by atoms with E-state index in [0.717, 1.165) is 9.35 Å². The summed E-state index contributed by atoms with van der Waals surface area (Å²) in [7, 11) is 1.82. The Morgan fingerprint density at radius 3 is 2.45 bits per heavy atom. The van der Waals surface area contributed by atoms with E-state index >= 15 is 0 Å². The summed E-state index contributed by atoms with van der Waals surface area (Å²) in [5, 5.41) is 11.0. The van der Waals surface area contributed by atoms with Crippen molar-refractivity contribution in [2.45, 2.75) is 32.2 Å². The Bertz CT molecular complexity index is 494. The van der Waals surface area contributed by atoms with E-state index in [2.05, 4.69) is 15.9 Å². The first-order chi connectivity index (χ1) is 9.47. The Labute approximate surface area is 130 Å². The summed E-state index contributed by atoms with van der Waals surface area (Å²) in [6.07, 6.45) is 2.61.